The van der Waals surface area contributed by atoms with Crippen LogP contribution < -0.4 is 4.90 Å². The molecule has 3 atom stereocenters. The van der Waals surface area contributed by atoms with E-state index in [0.29, 0.717) is 21.8 Å². The van der Waals surface area contributed by atoms with Gasteiger partial charge >= 0.3 is 0 Å². The summed E-state index contributed by atoms with van der Waals surface area (Å²) in [5.41, 5.74) is 1.43. The Balaban J connectivity index is 1.44. The average Bonchev–Trinajstić information content (AvgIpc) is 2.92. The minimum absolute atomic E-state index is 0.0354. The van der Waals surface area contributed by atoms with Crippen LogP contribution in [-0.2, 0) is 4.79 Å². The fourth-order valence-electron chi connectivity index (χ4n) is 4.71. The maximum Gasteiger partial charge on any atom is 0.252 e. The summed E-state index contributed by atoms with van der Waals surface area (Å²) in [6, 6.07) is 16.1. The molecular formula is C29H22ClF3N2O4S. The smallest absolute Gasteiger partial charge is 0.252 e. The molecule has 1 aliphatic heterocycles. The molecule has 3 N–H and O–H groups in total. The molecule has 5 rings (SSSR count). The molecule has 0 radical (unpaired) electrons. The number of amides is 1. The number of phenolic OH excluding ortho intramolecular Hbond substituents is 2. The van der Waals surface area contributed by atoms with Crippen LogP contribution in [0.4, 0.5) is 18.9 Å². The molecule has 1 aromatic heterocycles. The zero-order valence-corrected chi connectivity index (χ0v) is 22.4. The molecule has 4 aromatic rings. The molecule has 1 amide bonds. The first-order valence-electron chi connectivity index (χ1n) is 12.1. The van der Waals surface area contributed by atoms with Gasteiger partial charge < -0.3 is 20.2 Å². The number of nitrogens with zero attached hydrogens (tertiary/aromatic N) is 2. The fourth-order valence-corrected chi connectivity index (χ4v) is 6.12. The third kappa shape index (κ3) is 5.10. The number of β-lactam (4-membered cyclic amide) rings is 1. The second-order valence-electron chi connectivity index (χ2n) is 9.26. The number of benzene rings is 3. The van der Waals surface area contributed by atoms with Crippen molar-refractivity contribution in [2.24, 2.45) is 0 Å². The van der Waals surface area contributed by atoms with E-state index >= 15 is 0 Å². The van der Waals surface area contributed by atoms with Crippen LogP contribution >= 0.6 is 23.4 Å². The number of aromatic nitrogens is 1. The van der Waals surface area contributed by atoms with Crippen molar-refractivity contribution >= 4 is 35.0 Å². The normalized spacial score (nSPS) is 17.6. The Morgan fingerprint density at radius 3 is 2.33 bits per heavy atom. The second-order valence-corrected chi connectivity index (χ2v) is 10.9. The zero-order chi connectivity index (χ0) is 28.7. The molecule has 0 bridgehead atoms. The predicted octanol–water partition coefficient (Wildman–Crippen LogP) is 6.46. The number of carbonyl (C=O) groups excluding carboxylic acids is 1. The molecule has 1 aliphatic rings. The van der Waals surface area contributed by atoms with Crippen LogP contribution in [-0.4, -0.2) is 37.2 Å². The molecule has 1 saturated heterocycles. The van der Waals surface area contributed by atoms with E-state index in [2.05, 4.69) is 4.98 Å². The Bertz CT molecular complexity index is 1590. The van der Waals surface area contributed by atoms with Crippen LogP contribution in [0, 0.1) is 24.5 Å². The number of carbonyl (C=O) groups is 1. The fraction of sp³-hybridized carbons (Fsp3) is 0.172. The first kappa shape index (κ1) is 27.8. The highest BCUT2D eigenvalue weighted by Crippen LogP contribution is 2.49. The number of hydrogen-bond donors (Lipinski definition) is 3. The lowest BCUT2D eigenvalue weighted by Crippen LogP contribution is -2.57. The number of anilines is 1. The highest BCUT2D eigenvalue weighted by molar-refractivity contribution is 8.00. The maximum absolute atomic E-state index is 14.5. The highest BCUT2D eigenvalue weighted by atomic mass is 35.5. The van der Waals surface area contributed by atoms with Gasteiger partial charge in [0.15, 0.2) is 5.82 Å². The number of halogens is 4. The van der Waals surface area contributed by atoms with Gasteiger partial charge in [0.05, 0.1) is 17.8 Å². The molecule has 206 valence electrons. The molecule has 0 spiro atoms. The Morgan fingerprint density at radius 2 is 1.68 bits per heavy atom. The number of aryl methyl sites for hydroxylation is 1. The minimum Gasteiger partial charge on any atom is -0.508 e. The van der Waals surface area contributed by atoms with Gasteiger partial charge in [-0.1, -0.05) is 35.9 Å². The van der Waals surface area contributed by atoms with Gasteiger partial charge in [-0.15, -0.1) is 11.8 Å². The van der Waals surface area contributed by atoms with Crippen LogP contribution in [0.25, 0.3) is 11.1 Å². The second kappa shape index (κ2) is 11.0. The van der Waals surface area contributed by atoms with Crippen LogP contribution in [0.3, 0.4) is 0 Å². The van der Waals surface area contributed by atoms with Gasteiger partial charge in [-0.3, -0.25) is 4.79 Å². The molecule has 2 heterocycles. The number of aliphatic hydroxyl groups excluding tert-OH is 1. The Kier molecular flexibility index (Phi) is 7.67. The van der Waals surface area contributed by atoms with Crippen molar-refractivity contribution < 1.29 is 33.3 Å². The summed E-state index contributed by atoms with van der Waals surface area (Å²) >= 11 is 7.14. The standard InChI is InChI=1S/C29H22ClF3N2O4S/c1-14-23(24(31)25(32)28(33)34-14)16-4-8-18(9-5-16)35-26(20-11-10-19(36)12-21(20)37)27(29(35)39)40-13-22(38)15-2-6-17(30)7-3-15/h2-12,22,26-27,36-38H,13H2,1H3/t22-,26+,27+/m0/s1. The average molecular weight is 587 g/mol. The molecule has 0 unspecified atom stereocenters. The van der Waals surface area contributed by atoms with Crippen molar-refractivity contribution in [1.82, 2.24) is 4.98 Å². The first-order chi connectivity index (χ1) is 19.1. The van der Waals surface area contributed by atoms with E-state index in [1.165, 1.54) is 66.1 Å². The highest BCUT2D eigenvalue weighted by Gasteiger charge is 2.50. The number of rotatable bonds is 7. The van der Waals surface area contributed by atoms with E-state index < -0.39 is 35.0 Å². The van der Waals surface area contributed by atoms with Crippen LogP contribution in [0.15, 0.2) is 66.7 Å². The van der Waals surface area contributed by atoms with Gasteiger partial charge in [0.25, 0.3) is 5.95 Å². The van der Waals surface area contributed by atoms with Crippen molar-refractivity contribution in [3.8, 4) is 22.6 Å². The Labute approximate surface area is 236 Å². The Hall–Kier alpha value is -3.73. The van der Waals surface area contributed by atoms with E-state index in [1.54, 1.807) is 24.3 Å². The molecule has 3 aromatic carbocycles. The lowest BCUT2D eigenvalue weighted by molar-refractivity contribution is -0.123. The van der Waals surface area contributed by atoms with E-state index in [9.17, 15) is 33.3 Å². The number of aliphatic hydroxyl groups is 1. The molecular weight excluding hydrogens is 565 g/mol. The van der Waals surface area contributed by atoms with Crippen molar-refractivity contribution in [1.29, 1.82) is 0 Å². The summed E-state index contributed by atoms with van der Waals surface area (Å²) in [5, 5.41) is 30.9. The third-order valence-corrected chi connectivity index (χ3v) is 8.30. The largest absolute Gasteiger partial charge is 0.508 e. The van der Waals surface area contributed by atoms with Gasteiger partial charge in [0, 0.05) is 33.7 Å². The van der Waals surface area contributed by atoms with Gasteiger partial charge in [-0.25, -0.2) is 9.37 Å². The van der Waals surface area contributed by atoms with E-state index in [-0.39, 0.29) is 40.0 Å². The summed E-state index contributed by atoms with van der Waals surface area (Å²) in [6.07, 6.45) is -0.875. The number of hydrogen-bond acceptors (Lipinski definition) is 6. The number of phenols is 2. The molecule has 11 heteroatoms. The topological polar surface area (TPSA) is 93.9 Å². The van der Waals surface area contributed by atoms with Gasteiger partial charge in [-0.2, -0.15) is 8.78 Å². The van der Waals surface area contributed by atoms with Crippen molar-refractivity contribution in [2.75, 3.05) is 10.7 Å². The molecule has 0 saturated carbocycles. The Morgan fingerprint density at radius 1 is 1.00 bits per heavy atom. The summed E-state index contributed by atoms with van der Waals surface area (Å²) in [4.78, 5) is 18.2. The summed E-state index contributed by atoms with van der Waals surface area (Å²) in [6.45, 7) is 1.36. The van der Waals surface area contributed by atoms with Gasteiger partial charge in [0.2, 0.25) is 11.7 Å². The third-order valence-electron chi connectivity index (χ3n) is 6.72. The van der Waals surface area contributed by atoms with E-state index in [4.69, 9.17) is 11.6 Å². The van der Waals surface area contributed by atoms with Crippen LogP contribution in [0.2, 0.25) is 5.02 Å². The minimum atomic E-state index is -1.67. The van der Waals surface area contributed by atoms with Crippen molar-refractivity contribution in [3.05, 3.63) is 106 Å². The maximum atomic E-state index is 14.5. The zero-order valence-electron chi connectivity index (χ0n) is 20.9. The lowest BCUT2D eigenvalue weighted by Gasteiger charge is -2.47. The summed E-state index contributed by atoms with van der Waals surface area (Å²) < 4.78 is 41.9. The predicted molar refractivity (Wildman–Crippen MR) is 147 cm³/mol. The van der Waals surface area contributed by atoms with E-state index in [1.807, 2.05) is 0 Å². The summed E-state index contributed by atoms with van der Waals surface area (Å²) in [5.74, 6) is -5.04. The first-order valence-corrected chi connectivity index (χ1v) is 13.5. The van der Waals surface area contributed by atoms with Gasteiger partial charge in [0.1, 0.15) is 16.7 Å². The van der Waals surface area contributed by atoms with Crippen molar-refractivity contribution in [3.63, 3.8) is 0 Å². The molecule has 40 heavy (non-hydrogen) atoms. The van der Waals surface area contributed by atoms with E-state index in [0.717, 1.165) is 0 Å². The molecule has 0 aliphatic carbocycles. The number of thioether (sulfide) groups is 1. The van der Waals surface area contributed by atoms with Gasteiger partial charge in [-0.05, 0) is 54.4 Å². The quantitative estimate of drug-likeness (QED) is 0.170. The molecule has 6 nitrogen and oxygen atoms in total. The molecule has 1 fully saturated rings. The number of aromatic hydroxyl groups is 2. The van der Waals surface area contributed by atoms with Crippen molar-refractivity contribution in [2.45, 2.75) is 24.3 Å². The lowest BCUT2D eigenvalue weighted by atomic mass is 9.91. The monoisotopic (exact) mass is 586 g/mol. The number of pyridine rings is 1. The summed E-state index contributed by atoms with van der Waals surface area (Å²) in [7, 11) is 0. The van der Waals surface area contributed by atoms with Crippen LogP contribution in [0.5, 0.6) is 11.5 Å². The van der Waals surface area contributed by atoms with Crippen LogP contribution in [0.1, 0.15) is 29.0 Å². The SMILES string of the molecule is Cc1nc(F)c(F)c(F)c1-c1ccc(N2C(=O)[C@H](SC[C@H](O)c3ccc(Cl)cc3)[C@H]2c2ccc(O)cc2O)cc1.